The predicted octanol–water partition coefficient (Wildman–Crippen LogP) is 3.82. The largest absolute Gasteiger partial charge is 0.417 e. The number of hydrogen-bond acceptors (Lipinski definition) is 6. The van der Waals surface area contributed by atoms with Gasteiger partial charge < -0.3 is 4.90 Å². The molecule has 0 amide bonds. The summed E-state index contributed by atoms with van der Waals surface area (Å²) in [6.07, 6.45) is -1.19. The Morgan fingerprint density at radius 2 is 1.77 bits per heavy atom. The molecule has 5 nitrogen and oxygen atoms in total. The Kier molecular flexibility index (Phi) is 6.27. The molecule has 0 saturated carbocycles. The van der Waals surface area contributed by atoms with Crippen molar-refractivity contribution in [3.05, 3.63) is 45.8 Å². The second-order valence-electron chi connectivity index (χ2n) is 7.81. The topological polar surface area (TPSA) is 46.4 Å². The molecule has 2 saturated heterocycles. The molecule has 0 aromatic carbocycles. The Morgan fingerprint density at radius 3 is 2.33 bits per heavy atom. The Balaban J connectivity index is 1.23. The van der Waals surface area contributed by atoms with E-state index in [2.05, 4.69) is 25.8 Å². The minimum absolute atomic E-state index is 0.557. The number of pyridine rings is 1. The summed E-state index contributed by atoms with van der Waals surface area (Å²) in [6.45, 7) is 6.38. The van der Waals surface area contributed by atoms with Crippen LogP contribution in [-0.4, -0.2) is 60.1 Å². The number of nitrogens with zero attached hydrogens (tertiary/aromatic N) is 5. The van der Waals surface area contributed by atoms with Crippen LogP contribution < -0.4 is 4.90 Å². The summed E-state index contributed by atoms with van der Waals surface area (Å²) in [5.41, 5.74) is -0.706. The summed E-state index contributed by atoms with van der Waals surface area (Å²) in [7, 11) is 0. The van der Waals surface area contributed by atoms with E-state index in [0.29, 0.717) is 11.9 Å². The second kappa shape index (κ2) is 8.92. The molecule has 2 aliphatic rings. The third kappa shape index (κ3) is 4.94. The molecule has 2 aromatic heterocycles. The standard InChI is InChI=1S/C21H24F3N5S/c22-21(23,24)16-1-4-20(26-14-16)29-11-9-28(10-12-29)17-5-7-27(8-6-17)15-19-3-2-18(13-25)30-19/h1-4,14,17H,5-12,15H2. The Labute approximate surface area is 178 Å². The first-order valence-corrected chi connectivity index (χ1v) is 11.0. The number of alkyl halides is 3. The lowest BCUT2D eigenvalue weighted by Crippen LogP contribution is -2.53. The monoisotopic (exact) mass is 435 g/mol. The van der Waals surface area contributed by atoms with Crippen molar-refractivity contribution in [3.63, 3.8) is 0 Å². The lowest BCUT2D eigenvalue weighted by atomic mass is 10.0. The van der Waals surface area contributed by atoms with E-state index < -0.39 is 11.7 Å². The van der Waals surface area contributed by atoms with Gasteiger partial charge in [-0.3, -0.25) is 9.80 Å². The van der Waals surface area contributed by atoms with Gasteiger partial charge in [0, 0.05) is 62.9 Å². The molecule has 0 N–H and O–H groups in total. The van der Waals surface area contributed by atoms with Gasteiger partial charge in [-0.25, -0.2) is 4.98 Å². The fourth-order valence-electron chi connectivity index (χ4n) is 4.24. The van der Waals surface area contributed by atoms with Gasteiger partial charge in [-0.2, -0.15) is 18.4 Å². The predicted molar refractivity (Wildman–Crippen MR) is 110 cm³/mol. The van der Waals surface area contributed by atoms with Crippen molar-refractivity contribution < 1.29 is 13.2 Å². The maximum absolute atomic E-state index is 12.7. The van der Waals surface area contributed by atoms with Crippen LogP contribution in [0, 0.1) is 11.3 Å². The van der Waals surface area contributed by atoms with E-state index in [9.17, 15) is 13.2 Å². The van der Waals surface area contributed by atoms with Gasteiger partial charge in [0.25, 0.3) is 0 Å². The maximum atomic E-state index is 12.7. The first-order chi connectivity index (χ1) is 14.4. The molecular formula is C21H24F3N5S. The normalized spacial score (nSPS) is 19.7. The molecule has 30 heavy (non-hydrogen) atoms. The highest BCUT2D eigenvalue weighted by Crippen LogP contribution is 2.30. The molecule has 0 aliphatic carbocycles. The average Bonchev–Trinajstić information content (AvgIpc) is 3.21. The van der Waals surface area contributed by atoms with Crippen molar-refractivity contribution in [1.29, 1.82) is 5.26 Å². The van der Waals surface area contributed by atoms with E-state index in [4.69, 9.17) is 5.26 Å². The molecule has 4 rings (SSSR count). The van der Waals surface area contributed by atoms with Crippen molar-refractivity contribution >= 4 is 17.2 Å². The van der Waals surface area contributed by atoms with Gasteiger partial charge in [0.2, 0.25) is 0 Å². The molecule has 9 heteroatoms. The van der Waals surface area contributed by atoms with Crippen LogP contribution in [0.3, 0.4) is 0 Å². The molecule has 0 unspecified atom stereocenters. The van der Waals surface area contributed by atoms with Crippen LogP contribution in [0.2, 0.25) is 0 Å². The number of anilines is 1. The average molecular weight is 436 g/mol. The highest BCUT2D eigenvalue weighted by atomic mass is 32.1. The molecule has 0 radical (unpaired) electrons. The van der Waals surface area contributed by atoms with Crippen LogP contribution in [0.4, 0.5) is 19.0 Å². The van der Waals surface area contributed by atoms with E-state index in [-0.39, 0.29) is 0 Å². The van der Waals surface area contributed by atoms with Crippen LogP contribution in [-0.2, 0) is 12.7 Å². The van der Waals surface area contributed by atoms with Crippen LogP contribution in [0.15, 0.2) is 30.5 Å². The second-order valence-corrected chi connectivity index (χ2v) is 8.98. The summed E-state index contributed by atoms with van der Waals surface area (Å²) in [4.78, 5) is 13.1. The van der Waals surface area contributed by atoms with Crippen LogP contribution in [0.5, 0.6) is 0 Å². The van der Waals surface area contributed by atoms with Gasteiger partial charge in [-0.15, -0.1) is 11.3 Å². The lowest BCUT2D eigenvalue weighted by molar-refractivity contribution is -0.137. The number of hydrogen-bond donors (Lipinski definition) is 0. The summed E-state index contributed by atoms with van der Waals surface area (Å²) in [5, 5.41) is 8.96. The molecule has 4 heterocycles. The molecule has 0 spiro atoms. The quantitative estimate of drug-likeness (QED) is 0.731. The van der Waals surface area contributed by atoms with Crippen LogP contribution in [0.25, 0.3) is 0 Å². The summed E-state index contributed by atoms with van der Waals surface area (Å²) < 4.78 is 38.1. The Bertz CT molecular complexity index is 873. The SMILES string of the molecule is N#Cc1ccc(CN2CCC(N3CCN(c4ccc(C(F)(F)F)cn4)CC3)CC2)s1. The first kappa shape index (κ1) is 21.1. The number of likely N-dealkylation sites (tertiary alicyclic amines) is 1. The molecule has 2 aliphatic heterocycles. The van der Waals surface area contributed by atoms with E-state index in [1.165, 1.54) is 10.9 Å². The third-order valence-corrected chi connectivity index (χ3v) is 6.91. The number of piperidine rings is 1. The fourth-order valence-corrected chi connectivity index (χ4v) is 5.09. The molecular weight excluding hydrogens is 411 g/mol. The van der Waals surface area contributed by atoms with Gasteiger partial charge in [-0.05, 0) is 37.1 Å². The van der Waals surface area contributed by atoms with E-state index in [1.807, 2.05) is 12.1 Å². The molecule has 0 bridgehead atoms. The fraction of sp³-hybridized carbons (Fsp3) is 0.524. The number of halogens is 3. The van der Waals surface area contributed by atoms with Crippen molar-refractivity contribution in [2.75, 3.05) is 44.2 Å². The summed E-state index contributed by atoms with van der Waals surface area (Å²) in [6, 6.07) is 9.26. The Hall–Kier alpha value is -2.15. The van der Waals surface area contributed by atoms with Crippen molar-refractivity contribution in [1.82, 2.24) is 14.8 Å². The number of rotatable bonds is 4. The number of nitriles is 1. The highest BCUT2D eigenvalue weighted by Gasteiger charge is 2.31. The van der Waals surface area contributed by atoms with Crippen molar-refractivity contribution in [3.8, 4) is 6.07 Å². The smallest absolute Gasteiger partial charge is 0.354 e. The lowest BCUT2D eigenvalue weighted by Gasteiger charge is -2.43. The van der Waals surface area contributed by atoms with E-state index in [0.717, 1.165) is 75.8 Å². The van der Waals surface area contributed by atoms with Gasteiger partial charge in [0.05, 0.1) is 5.56 Å². The van der Waals surface area contributed by atoms with Crippen molar-refractivity contribution in [2.24, 2.45) is 0 Å². The van der Waals surface area contributed by atoms with E-state index in [1.54, 1.807) is 11.3 Å². The molecule has 2 fully saturated rings. The number of thiophene rings is 1. The third-order valence-electron chi connectivity index (χ3n) is 5.94. The zero-order valence-electron chi connectivity index (χ0n) is 16.6. The zero-order valence-corrected chi connectivity index (χ0v) is 17.4. The minimum atomic E-state index is -4.35. The van der Waals surface area contributed by atoms with Crippen molar-refractivity contribution in [2.45, 2.75) is 31.6 Å². The molecule has 160 valence electrons. The van der Waals surface area contributed by atoms with Gasteiger partial charge in [0.1, 0.15) is 16.8 Å². The minimum Gasteiger partial charge on any atom is -0.354 e. The summed E-state index contributed by atoms with van der Waals surface area (Å²) in [5.74, 6) is 0.616. The molecule has 0 atom stereocenters. The van der Waals surface area contributed by atoms with Crippen LogP contribution >= 0.6 is 11.3 Å². The van der Waals surface area contributed by atoms with Gasteiger partial charge in [-0.1, -0.05) is 0 Å². The van der Waals surface area contributed by atoms with Gasteiger partial charge >= 0.3 is 6.18 Å². The maximum Gasteiger partial charge on any atom is 0.417 e. The summed E-state index contributed by atoms with van der Waals surface area (Å²) >= 11 is 1.57. The number of piperazine rings is 1. The zero-order chi connectivity index (χ0) is 21.1. The van der Waals surface area contributed by atoms with Crippen LogP contribution in [0.1, 0.15) is 28.2 Å². The van der Waals surface area contributed by atoms with Gasteiger partial charge in [0.15, 0.2) is 0 Å². The molecule has 2 aromatic rings. The van der Waals surface area contributed by atoms with E-state index >= 15 is 0 Å². The number of aromatic nitrogens is 1. The Morgan fingerprint density at radius 1 is 1.03 bits per heavy atom. The highest BCUT2D eigenvalue weighted by molar-refractivity contribution is 7.12. The first-order valence-electron chi connectivity index (χ1n) is 10.2.